The smallest absolute Gasteiger partial charge is 0.261 e. The standard InChI is InChI=1S/C17H18FNO2S/c1-11-7-8-15(12(2)9-11)20-10-13-14(18)5-4-6-16(13)21-17(22)19-3/h4-9H,10H2,1-3H3,(H,19,22). The molecule has 116 valence electrons. The SMILES string of the molecule is CNC(=S)Oc1cccc(F)c1COc1ccc(C)cc1C. The fourth-order valence-electron chi connectivity index (χ4n) is 2.04. The van der Waals surface area contributed by atoms with E-state index in [-0.39, 0.29) is 17.6 Å². The second kappa shape index (κ2) is 7.22. The Bertz CT molecular complexity index is 688. The van der Waals surface area contributed by atoms with Crippen LogP contribution >= 0.6 is 12.2 Å². The molecule has 0 spiro atoms. The Morgan fingerprint density at radius 1 is 1.18 bits per heavy atom. The molecule has 2 aromatic carbocycles. The lowest BCUT2D eigenvalue weighted by Gasteiger charge is -2.14. The number of halogens is 1. The molecule has 2 rings (SSSR count). The number of hydrogen-bond acceptors (Lipinski definition) is 3. The summed E-state index contributed by atoms with van der Waals surface area (Å²) < 4.78 is 25.2. The molecule has 1 N–H and O–H groups in total. The van der Waals surface area contributed by atoms with E-state index < -0.39 is 0 Å². The molecule has 2 aromatic rings. The van der Waals surface area contributed by atoms with Crippen LogP contribution in [0.3, 0.4) is 0 Å². The Kier molecular flexibility index (Phi) is 5.33. The van der Waals surface area contributed by atoms with Crippen LogP contribution in [0.1, 0.15) is 16.7 Å². The summed E-state index contributed by atoms with van der Waals surface area (Å²) >= 11 is 4.96. The van der Waals surface area contributed by atoms with Gasteiger partial charge >= 0.3 is 0 Å². The second-order valence-electron chi connectivity index (χ2n) is 4.91. The van der Waals surface area contributed by atoms with Gasteiger partial charge in [0.15, 0.2) is 0 Å². The molecule has 0 radical (unpaired) electrons. The van der Waals surface area contributed by atoms with Gasteiger partial charge in [-0.25, -0.2) is 4.39 Å². The summed E-state index contributed by atoms with van der Waals surface area (Å²) in [7, 11) is 1.65. The van der Waals surface area contributed by atoms with Crippen LogP contribution in [-0.4, -0.2) is 12.2 Å². The first-order valence-corrected chi connectivity index (χ1v) is 7.29. The van der Waals surface area contributed by atoms with Gasteiger partial charge in [0.05, 0.1) is 5.56 Å². The van der Waals surface area contributed by atoms with Crippen LogP contribution in [0.2, 0.25) is 0 Å². The van der Waals surface area contributed by atoms with E-state index >= 15 is 0 Å². The lowest BCUT2D eigenvalue weighted by molar-refractivity contribution is 0.293. The van der Waals surface area contributed by atoms with E-state index in [0.29, 0.717) is 11.3 Å². The van der Waals surface area contributed by atoms with Crippen molar-refractivity contribution in [3.63, 3.8) is 0 Å². The van der Waals surface area contributed by atoms with Crippen molar-refractivity contribution >= 4 is 17.4 Å². The molecule has 0 saturated heterocycles. The van der Waals surface area contributed by atoms with Crippen LogP contribution in [0.4, 0.5) is 4.39 Å². The van der Waals surface area contributed by atoms with Crippen molar-refractivity contribution in [2.45, 2.75) is 20.5 Å². The van der Waals surface area contributed by atoms with Gasteiger partial charge in [0.2, 0.25) is 0 Å². The highest BCUT2D eigenvalue weighted by Gasteiger charge is 2.13. The summed E-state index contributed by atoms with van der Waals surface area (Å²) in [5, 5.41) is 2.87. The topological polar surface area (TPSA) is 30.5 Å². The second-order valence-corrected chi connectivity index (χ2v) is 5.28. The third kappa shape index (κ3) is 3.95. The monoisotopic (exact) mass is 319 g/mol. The number of aryl methyl sites for hydroxylation is 2. The summed E-state index contributed by atoms with van der Waals surface area (Å²) in [6, 6.07) is 10.5. The highest BCUT2D eigenvalue weighted by Crippen LogP contribution is 2.25. The number of rotatable bonds is 4. The number of thiocarbonyl (C=S) groups is 1. The highest BCUT2D eigenvalue weighted by molar-refractivity contribution is 7.80. The molecule has 0 aliphatic heterocycles. The minimum Gasteiger partial charge on any atom is -0.488 e. The average molecular weight is 319 g/mol. The van der Waals surface area contributed by atoms with Gasteiger partial charge in [-0.2, -0.15) is 0 Å². The summed E-state index contributed by atoms with van der Waals surface area (Å²) in [5.74, 6) is 0.682. The Labute approximate surface area is 135 Å². The van der Waals surface area contributed by atoms with Crippen molar-refractivity contribution in [3.8, 4) is 11.5 Å². The van der Waals surface area contributed by atoms with Crippen molar-refractivity contribution in [1.82, 2.24) is 5.32 Å². The Morgan fingerprint density at radius 2 is 1.95 bits per heavy atom. The first-order valence-electron chi connectivity index (χ1n) is 6.88. The molecule has 0 bridgehead atoms. The third-order valence-electron chi connectivity index (χ3n) is 3.19. The van der Waals surface area contributed by atoms with Gasteiger partial charge in [0.1, 0.15) is 23.9 Å². The largest absolute Gasteiger partial charge is 0.488 e. The fourth-order valence-corrected chi connectivity index (χ4v) is 2.13. The summed E-state index contributed by atoms with van der Waals surface area (Å²) in [6.45, 7) is 4.04. The van der Waals surface area contributed by atoms with E-state index in [1.165, 1.54) is 6.07 Å². The molecular formula is C17H18FNO2S. The maximum absolute atomic E-state index is 14.0. The van der Waals surface area contributed by atoms with Crippen molar-refractivity contribution in [2.75, 3.05) is 7.05 Å². The molecule has 0 atom stereocenters. The Balaban J connectivity index is 2.19. The molecule has 0 aromatic heterocycles. The maximum Gasteiger partial charge on any atom is 0.261 e. The molecular weight excluding hydrogens is 301 g/mol. The van der Waals surface area contributed by atoms with E-state index in [9.17, 15) is 4.39 Å². The van der Waals surface area contributed by atoms with E-state index in [2.05, 4.69) is 5.32 Å². The van der Waals surface area contributed by atoms with Crippen molar-refractivity contribution in [1.29, 1.82) is 0 Å². The van der Waals surface area contributed by atoms with Crippen molar-refractivity contribution < 1.29 is 13.9 Å². The van der Waals surface area contributed by atoms with Gasteiger partial charge in [0, 0.05) is 7.05 Å². The number of hydrogen-bond donors (Lipinski definition) is 1. The van der Waals surface area contributed by atoms with Gasteiger partial charge in [0.25, 0.3) is 5.17 Å². The van der Waals surface area contributed by atoms with Gasteiger partial charge in [-0.3, -0.25) is 0 Å². The van der Waals surface area contributed by atoms with Crippen molar-refractivity contribution in [3.05, 3.63) is 58.9 Å². The number of nitrogens with one attached hydrogen (secondary N) is 1. The maximum atomic E-state index is 14.0. The van der Waals surface area contributed by atoms with Crippen LogP contribution in [0, 0.1) is 19.7 Å². The summed E-state index contributed by atoms with van der Waals surface area (Å²) in [4.78, 5) is 0. The molecule has 0 aliphatic rings. The predicted octanol–water partition coefficient (Wildman–Crippen LogP) is 3.90. The molecule has 0 saturated carbocycles. The van der Waals surface area contributed by atoms with Gasteiger partial charge in [-0.05, 0) is 49.8 Å². The van der Waals surface area contributed by atoms with Crippen LogP contribution < -0.4 is 14.8 Å². The minimum absolute atomic E-state index is 0.0677. The Hall–Kier alpha value is -2.14. The third-order valence-corrected chi connectivity index (χ3v) is 3.47. The molecule has 0 heterocycles. The molecule has 22 heavy (non-hydrogen) atoms. The normalized spacial score (nSPS) is 10.2. The van der Waals surface area contributed by atoms with Gasteiger partial charge in [-0.15, -0.1) is 0 Å². The molecule has 0 fully saturated rings. The zero-order valence-electron chi connectivity index (χ0n) is 12.8. The summed E-state index contributed by atoms with van der Waals surface area (Å²) in [6.07, 6.45) is 0. The summed E-state index contributed by atoms with van der Waals surface area (Å²) in [5.41, 5.74) is 2.49. The van der Waals surface area contributed by atoms with Crippen LogP contribution in [0.5, 0.6) is 11.5 Å². The molecule has 0 unspecified atom stereocenters. The molecule has 5 heteroatoms. The van der Waals surface area contributed by atoms with E-state index in [4.69, 9.17) is 21.7 Å². The van der Waals surface area contributed by atoms with Crippen LogP contribution in [0.25, 0.3) is 0 Å². The molecule has 0 aliphatic carbocycles. The Morgan fingerprint density at radius 3 is 2.64 bits per heavy atom. The quantitative estimate of drug-likeness (QED) is 0.866. The number of ether oxygens (including phenoxy) is 2. The predicted molar refractivity (Wildman–Crippen MR) is 88.9 cm³/mol. The van der Waals surface area contributed by atoms with E-state index in [0.717, 1.165) is 16.9 Å². The van der Waals surface area contributed by atoms with Crippen molar-refractivity contribution in [2.24, 2.45) is 0 Å². The van der Waals surface area contributed by atoms with Crippen LogP contribution in [0.15, 0.2) is 36.4 Å². The highest BCUT2D eigenvalue weighted by atomic mass is 32.1. The molecule has 0 amide bonds. The first-order chi connectivity index (χ1) is 10.5. The average Bonchev–Trinajstić information content (AvgIpc) is 2.48. The van der Waals surface area contributed by atoms with E-state index in [1.54, 1.807) is 19.2 Å². The zero-order valence-corrected chi connectivity index (χ0v) is 13.6. The van der Waals surface area contributed by atoms with Gasteiger partial charge in [-0.1, -0.05) is 23.8 Å². The van der Waals surface area contributed by atoms with E-state index in [1.807, 2.05) is 32.0 Å². The number of benzene rings is 2. The fraction of sp³-hybridized carbons (Fsp3) is 0.235. The minimum atomic E-state index is -0.388. The lowest BCUT2D eigenvalue weighted by atomic mass is 10.1. The zero-order chi connectivity index (χ0) is 16.1. The first kappa shape index (κ1) is 16.2. The lowest BCUT2D eigenvalue weighted by Crippen LogP contribution is -2.22. The van der Waals surface area contributed by atoms with Gasteiger partial charge < -0.3 is 14.8 Å². The van der Waals surface area contributed by atoms with Crippen LogP contribution in [-0.2, 0) is 6.61 Å². The molecule has 3 nitrogen and oxygen atoms in total.